The maximum Gasteiger partial charge on any atom is 0.211 e. The van der Waals surface area contributed by atoms with Gasteiger partial charge < -0.3 is 15.7 Å². The molecule has 0 aromatic carbocycles. The Kier molecular flexibility index (Phi) is 9.89. The summed E-state index contributed by atoms with van der Waals surface area (Å²) in [5.41, 5.74) is 0.0535. The summed E-state index contributed by atoms with van der Waals surface area (Å²) < 4.78 is 24.8. The van der Waals surface area contributed by atoms with Gasteiger partial charge in [0.05, 0.1) is 6.26 Å². The van der Waals surface area contributed by atoms with Crippen LogP contribution in [-0.4, -0.2) is 69.4 Å². The SMILES string of the molecule is CCNC(=NCC(CC)(CC)CCO)NCC1CCN(S(C)(=O)=O)CC1. The lowest BCUT2D eigenvalue weighted by atomic mass is 9.79. The number of sulfonamides is 1. The third kappa shape index (κ3) is 7.40. The van der Waals surface area contributed by atoms with Crippen LogP contribution in [0.5, 0.6) is 0 Å². The molecule has 3 N–H and O–H groups in total. The van der Waals surface area contributed by atoms with E-state index in [1.807, 2.05) is 6.92 Å². The Hall–Kier alpha value is -0.860. The van der Waals surface area contributed by atoms with Crippen LogP contribution in [0.4, 0.5) is 0 Å². The van der Waals surface area contributed by atoms with Gasteiger partial charge in [-0.15, -0.1) is 0 Å². The molecule has 0 unspecified atom stereocenters. The fourth-order valence-corrected chi connectivity index (χ4v) is 4.29. The molecule has 0 aliphatic carbocycles. The van der Waals surface area contributed by atoms with Crippen molar-refractivity contribution in [2.75, 3.05) is 45.6 Å². The molecule has 1 aliphatic heterocycles. The highest BCUT2D eigenvalue weighted by Crippen LogP contribution is 2.30. The smallest absolute Gasteiger partial charge is 0.211 e. The number of aliphatic hydroxyl groups is 1. The van der Waals surface area contributed by atoms with E-state index in [2.05, 4.69) is 24.5 Å². The van der Waals surface area contributed by atoms with Gasteiger partial charge in [-0.05, 0) is 50.4 Å². The molecule has 0 bridgehead atoms. The van der Waals surface area contributed by atoms with Gasteiger partial charge in [0.1, 0.15) is 0 Å². The van der Waals surface area contributed by atoms with E-state index in [9.17, 15) is 13.5 Å². The van der Waals surface area contributed by atoms with Crippen molar-refractivity contribution in [1.82, 2.24) is 14.9 Å². The lowest BCUT2D eigenvalue weighted by molar-refractivity contribution is 0.175. The quantitative estimate of drug-likeness (QED) is 0.387. The number of hydrogen-bond acceptors (Lipinski definition) is 4. The van der Waals surface area contributed by atoms with Crippen LogP contribution in [0.15, 0.2) is 4.99 Å². The second kappa shape index (κ2) is 11.1. The molecule has 0 radical (unpaired) electrons. The molecule has 0 amide bonds. The van der Waals surface area contributed by atoms with E-state index < -0.39 is 10.0 Å². The highest BCUT2D eigenvalue weighted by atomic mass is 32.2. The van der Waals surface area contributed by atoms with Gasteiger partial charge in [0.25, 0.3) is 0 Å². The van der Waals surface area contributed by atoms with E-state index in [1.165, 1.54) is 6.26 Å². The Balaban J connectivity index is 2.57. The van der Waals surface area contributed by atoms with Crippen molar-refractivity contribution >= 4 is 16.0 Å². The number of nitrogens with zero attached hydrogens (tertiary/aromatic N) is 2. The number of hydrogen-bond donors (Lipinski definition) is 3. The lowest BCUT2D eigenvalue weighted by Gasteiger charge is -2.31. The third-order valence-electron chi connectivity index (χ3n) is 5.66. The van der Waals surface area contributed by atoms with Gasteiger partial charge in [0.2, 0.25) is 10.0 Å². The number of aliphatic imine (C=N–C) groups is 1. The van der Waals surface area contributed by atoms with Gasteiger partial charge in [0.15, 0.2) is 5.96 Å². The standard InChI is InChI=1S/C18H38N4O3S/c1-5-18(6-2,10-13-23)15-21-17(19-7-3)20-14-16-8-11-22(12-9-16)26(4,24)25/h16,23H,5-15H2,1-4H3,(H2,19,20,21). The molecule has 0 saturated carbocycles. The highest BCUT2D eigenvalue weighted by Gasteiger charge is 2.26. The molecule has 1 fully saturated rings. The summed E-state index contributed by atoms with van der Waals surface area (Å²) in [6.45, 7) is 10.0. The van der Waals surface area contributed by atoms with Crippen molar-refractivity contribution in [3.05, 3.63) is 0 Å². The van der Waals surface area contributed by atoms with Crippen LogP contribution in [0.1, 0.15) is 52.9 Å². The zero-order valence-corrected chi connectivity index (χ0v) is 17.7. The fourth-order valence-electron chi connectivity index (χ4n) is 3.42. The van der Waals surface area contributed by atoms with Gasteiger partial charge in [-0.25, -0.2) is 12.7 Å². The number of nitrogens with one attached hydrogen (secondary N) is 2. The number of aliphatic hydroxyl groups excluding tert-OH is 1. The van der Waals surface area contributed by atoms with E-state index in [1.54, 1.807) is 4.31 Å². The molecule has 1 rings (SSSR count). The molecule has 0 aromatic heterocycles. The Morgan fingerprint density at radius 2 is 1.81 bits per heavy atom. The van der Waals surface area contributed by atoms with Crippen LogP contribution >= 0.6 is 0 Å². The van der Waals surface area contributed by atoms with Gasteiger partial charge >= 0.3 is 0 Å². The van der Waals surface area contributed by atoms with E-state index in [4.69, 9.17) is 4.99 Å². The predicted molar refractivity (Wildman–Crippen MR) is 108 cm³/mol. The maximum atomic E-state index is 11.6. The molecular formula is C18H38N4O3S. The minimum atomic E-state index is -3.07. The predicted octanol–water partition coefficient (Wildman–Crippen LogP) is 1.40. The Bertz CT molecular complexity index is 525. The summed E-state index contributed by atoms with van der Waals surface area (Å²) in [5, 5.41) is 16.1. The summed E-state index contributed by atoms with van der Waals surface area (Å²) in [5.74, 6) is 1.26. The molecule has 1 saturated heterocycles. The van der Waals surface area contributed by atoms with Crippen molar-refractivity contribution in [2.45, 2.75) is 52.9 Å². The summed E-state index contributed by atoms with van der Waals surface area (Å²) in [4.78, 5) is 4.76. The topological polar surface area (TPSA) is 94.0 Å². The lowest BCUT2D eigenvalue weighted by Crippen LogP contribution is -2.44. The van der Waals surface area contributed by atoms with Crippen LogP contribution in [0, 0.1) is 11.3 Å². The minimum absolute atomic E-state index is 0.0535. The van der Waals surface area contributed by atoms with Crippen molar-refractivity contribution in [3.63, 3.8) is 0 Å². The van der Waals surface area contributed by atoms with Gasteiger partial charge in [-0.1, -0.05) is 13.8 Å². The first-order valence-corrected chi connectivity index (χ1v) is 11.7. The van der Waals surface area contributed by atoms with Crippen molar-refractivity contribution < 1.29 is 13.5 Å². The average Bonchev–Trinajstić information content (AvgIpc) is 2.62. The van der Waals surface area contributed by atoms with Gasteiger partial charge in [-0.2, -0.15) is 0 Å². The molecular weight excluding hydrogens is 352 g/mol. The first-order valence-electron chi connectivity index (χ1n) is 9.88. The van der Waals surface area contributed by atoms with E-state index in [0.29, 0.717) is 25.6 Å². The highest BCUT2D eigenvalue weighted by molar-refractivity contribution is 7.88. The largest absolute Gasteiger partial charge is 0.396 e. The molecule has 0 aromatic rings. The average molecular weight is 391 g/mol. The first kappa shape index (κ1) is 23.2. The molecule has 1 aliphatic rings. The summed E-state index contributed by atoms with van der Waals surface area (Å²) in [7, 11) is -3.07. The minimum Gasteiger partial charge on any atom is -0.396 e. The molecule has 26 heavy (non-hydrogen) atoms. The molecule has 7 nitrogen and oxygen atoms in total. The van der Waals surface area contributed by atoms with Crippen LogP contribution in [0.3, 0.4) is 0 Å². The normalized spacial score (nSPS) is 18.1. The van der Waals surface area contributed by atoms with Crippen molar-refractivity contribution in [2.24, 2.45) is 16.3 Å². The Morgan fingerprint density at radius 1 is 1.19 bits per heavy atom. The molecule has 1 heterocycles. The summed E-state index contributed by atoms with van der Waals surface area (Å²) >= 11 is 0. The molecule has 0 atom stereocenters. The molecule has 0 spiro atoms. The summed E-state index contributed by atoms with van der Waals surface area (Å²) in [6, 6.07) is 0. The van der Waals surface area contributed by atoms with Crippen LogP contribution in [0.25, 0.3) is 0 Å². The summed E-state index contributed by atoms with van der Waals surface area (Å²) in [6.07, 6.45) is 5.79. The first-order chi connectivity index (χ1) is 12.3. The van der Waals surface area contributed by atoms with E-state index in [0.717, 1.165) is 51.2 Å². The maximum absolute atomic E-state index is 11.6. The second-order valence-electron chi connectivity index (χ2n) is 7.36. The number of piperidine rings is 1. The molecule has 154 valence electrons. The van der Waals surface area contributed by atoms with E-state index >= 15 is 0 Å². The van der Waals surface area contributed by atoms with Crippen LogP contribution in [0.2, 0.25) is 0 Å². The van der Waals surface area contributed by atoms with Crippen molar-refractivity contribution in [3.8, 4) is 0 Å². The molecule has 8 heteroatoms. The van der Waals surface area contributed by atoms with Gasteiger partial charge in [-0.3, -0.25) is 4.99 Å². The fraction of sp³-hybridized carbons (Fsp3) is 0.944. The van der Waals surface area contributed by atoms with Gasteiger partial charge in [0, 0.05) is 39.3 Å². The number of guanidine groups is 1. The van der Waals surface area contributed by atoms with E-state index in [-0.39, 0.29) is 12.0 Å². The van der Waals surface area contributed by atoms with Crippen molar-refractivity contribution in [1.29, 1.82) is 0 Å². The monoisotopic (exact) mass is 390 g/mol. The third-order valence-corrected chi connectivity index (χ3v) is 6.96. The number of rotatable bonds is 10. The second-order valence-corrected chi connectivity index (χ2v) is 9.34. The Labute approximate surface area is 159 Å². The zero-order chi connectivity index (χ0) is 19.6. The van der Waals surface area contributed by atoms with Crippen LogP contribution < -0.4 is 10.6 Å². The Morgan fingerprint density at radius 3 is 2.27 bits per heavy atom. The van der Waals surface area contributed by atoms with Crippen LogP contribution in [-0.2, 0) is 10.0 Å². The zero-order valence-electron chi connectivity index (χ0n) is 16.9.